The Hall–Kier alpha value is -1.76. The van der Waals surface area contributed by atoms with E-state index in [0.717, 1.165) is 0 Å². The second kappa shape index (κ2) is 6.72. The molecule has 0 rings (SSSR count). The van der Waals surface area contributed by atoms with Gasteiger partial charge in [0.05, 0.1) is 6.61 Å². The minimum absolute atomic E-state index is 0.00458. The van der Waals surface area contributed by atoms with Gasteiger partial charge in [-0.1, -0.05) is 0 Å². The molecular formula is C10H14N2O2. The highest BCUT2D eigenvalue weighted by atomic mass is 16.5. The summed E-state index contributed by atoms with van der Waals surface area (Å²) in [5.41, 5.74) is 0.00458. The largest absolute Gasteiger partial charge is 0.462 e. The summed E-state index contributed by atoms with van der Waals surface area (Å²) >= 11 is 0. The number of nitrogens with zero attached hydrogens (tertiary/aromatic N) is 2. The first-order valence-corrected chi connectivity index (χ1v) is 4.24. The van der Waals surface area contributed by atoms with E-state index in [-0.39, 0.29) is 12.2 Å². The summed E-state index contributed by atoms with van der Waals surface area (Å²) < 4.78 is 4.68. The van der Waals surface area contributed by atoms with Crippen LogP contribution in [0.3, 0.4) is 0 Å². The van der Waals surface area contributed by atoms with Crippen molar-refractivity contribution < 1.29 is 9.53 Å². The Kier molecular flexibility index (Phi) is 5.88. The fraction of sp³-hybridized carbons (Fsp3) is 0.400. The van der Waals surface area contributed by atoms with Gasteiger partial charge in [-0.05, 0) is 25.3 Å². The third kappa shape index (κ3) is 4.99. The van der Waals surface area contributed by atoms with Crippen LogP contribution in [0.4, 0.5) is 0 Å². The number of nitriles is 1. The fourth-order valence-electron chi connectivity index (χ4n) is 0.671. The molecule has 0 aromatic carbocycles. The third-order valence-corrected chi connectivity index (χ3v) is 1.26. The lowest BCUT2D eigenvalue weighted by Crippen LogP contribution is -2.06. The molecule has 0 aliphatic carbocycles. The number of esters is 1. The average molecular weight is 194 g/mol. The molecule has 14 heavy (non-hydrogen) atoms. The van der Waals surface area contributed by atoms with E-state index in [4.69, 9.17) is 5.26 Å². The maximum atomic E-state index is 11.1. The van der Waals surface area contributed by atoms with Crippen LogP contribution in [0.25, 0.3) is 0 Å². The maximum Gasteiger partial charge on any atom is 0.348 e. The first-order chi connectivity index (χ1) is 6.61. The maximum absolute atomic E-state index is 11.1. The van der Waals surface area contributed by atoms with Gasteiger partial charge < -0.3 is 9.64 Å². The van der Waals surface area contributed by atoms with Gasteiger partial charge in [0.25, 0.3) is 0 Å². The lowest BCUT2D eigenvalue weighted by molar-refractivity contribution is -0.138. The summed E-state index contributed by atoms with van der Waals surface area (Å²) in [6.07, 6.45) is 4.78. The molecule has 0 saturated heterocycles. The minimum atomic E-state index is -0.585. The van der Waals surface area contributed by atoms with E-state index in [9.17, 15) is 4.79 Å². The molecule has 0 N–H and O–H groups in total. The van der Waals surface area contributed by atoms with Crippen molar-refractivity contribution in [3.8, 4) is 6.07 Å². The molecule has 0 saturated carbocycles. The van der Waals surface area contributed by atoms with Crippen molar-refractivity contribution in [2.75, 3.05) is 20.7 Å². The minimum Gasteiger partial charge on any atom is -0.462 e. The molecule has 4 heteroatoms. The van der Waals surface area contributed by atoms with Crippen molar-refractivity contribution in [2.45, 2.75) is 6.92 Å². The summed E-state index contributed by atoms with van der Waals surface area (Å²) in [6, 6.07) is 1.78. The van der Waals surface area contributed by atoms with Crippen LogP contribution in [-0.2, 0) is 9.53 Å². The zero-order valence-electron chi connectivity index (χ0n) is 8.65. The molecule has 0 atom stereocenters. The van der Waals surface area contributed by atoms with Crippen LogP contribution in [0, 0.1) is 11.3 Å². The highest BCUT2D eigenvalue weighted by molar-refractivity contribution is 5.93. The van der Waals surface area contributed by atoms with E-state index < -0.39 is 5.97 Å². The number of allylic oxidation sites excluding steroid dienone is 2. The van der Waals surface area contributed by atoms with E-state index in [1.165, 1.54) is 6.08 Å². The highest BCUT2D eigenvalue weighted by Crippen LogP contribution is 1.97. The Bertz CT molecular complexity index is 285. The van der Waals surface area contributed by atoms with Crippen LogP contribution in [0.5, 0.6) is 0 Å². The van der Waals surface area contributed by atoms with Gasteiger partial charge in [0.1, 0.15) is 11.6 Å². The molecule has 0 aliphatic rings. The second-order valence-electron chi connectivity index (χ2n) is 2.72. The van der Waals surface area contributed by atoms with Gasteiger partial charge in [-0.3, -0.25) is 0 Å². The molecule has 76 valence electrons. The molecule has 0 bridgehead atoms. The Labute approximate surface area is 84.1 Å². The van der Waals surface area contributed by atoms with Crippen molar-refractivity contribution in [1.82, 2.24) is 4.90 Å². The van der Waals surface area contributed by atoms with Crippen molar-refractivity contribution in [2.24, 2.45) is 0 Å². The van der Waals surface area contributed by atoms with E-state index >= 15 is 0 Å². The fourth-order valence-corrected chi connectivity index (χ4v) is 0.671. The molecule has 0 radical (unpaired) electrons. The molecule has 0 aliphatic heterocycles. The summed E-state index contributed by atoms with van der Waals surface area (Å²) in [4.78, 5) is 12.9. The van der Waals surface area contributed by atoms with Crippen LogP contribution < -0.4 is 0 Å². The SMILES string of the molecule is CCOC(=O)/C(C#N)=C/C=C/N(C)C. The predicted octanol–water partition coefficient (Wildman–Crippen LogP) is 1.07. The van der Waals surface area contributed by atoms with Crippen LogP contribution in [0.1, 0.15) is 6.92 Å². The van der Waals surface area contributed by atoms with Crippen LogP contribution >= 0.6 is 0 Å². The third-order valence-electron chi connectivity index (χ3n) is 1.26. The van der Waals surface area contributed by atoms with E-state index in [1.807, 2.05) is 14.1 Å². The van der Waals surface area contributed by atoms with Gasteiger partial charge in [0, 0.05) is 14.1 Å². The van der Waals surface area contributed by atoms with Crippen LogP contribution in [0.15, 0.2) is 23.9 Å². The number of carbonyl (C=O) groups is 1. The van der Waals surface area contributed by atoms with Crippen molar-refractivity contribution in [1.29, 1.82) is 5.26 Å². The molecule has 0 aromatic rings. The standard InChI is InChI=1S/C10H14N2O2/c1-4-14-10(13)9(8-11)6-5-7-12(2)3/h5-7H,4H2,1-3H3/b7-5+,9-6+. The molecular weight excluding hydrogens is 180 g/mol. The van der Waals surface area contributed by atoms with Gasteiger partial charge >= 0.3 is 5.97 Å². The van der Waals surface area contributed by atoms with E-state index in [2.05, 4.69) is 4.74 Å². The number of rotatable bonds is 4. The Balaban J connectivity index is 4.42. The van der Waals surface area contributed by atoms with E-state index in [0.29, 0.717) is 0 Å². The Morgan fingerprint density at radius 1 is 1.57 bits per heavy atom. The first-order valence-electron chi connectivity index (χ1n) is 4.24. The normalized spacial score (nSPS) is 11.1. The smallest absolute Gasteiger partial charge is 0.348 e. The molecule has 0 fully saturated rings. The van der Waals surface area contributed by atoms with Crippen molar-refractivity contribution >= 4 is 5.97 Å². The van der Waals surface area contributed by atoms with Crippen LogP contribution in [-0.4, -0.2) is 31.6 Å². The molecule has 0 aromatic heterocycles. The molecule has 0 unspecified atom stereocenters. The molecule has 0 spiro atoms. The predicted molar refractivity (Wildman–Crippen MR) is 53.2 cm³/mol. The van der Waals surface area contributed by atoms with Gasteiger partial charge in [-0.2, -0.15) is 5.26 Å². The zero-order valence-corrected chi connectivity index (χ0v) is 8.65. The first kappa shape index (κ1) is 12.2. The summed E-state index contributed by atoms with van der Waals surface area (Å²) in [5, 5.41) is 8.62. The molecule has 0 heterocycles. The lowest BCUT2D eigenvalue weighted by Gasteiger charge is -2.01. The number of ether oxygens (including phenoxy) is 1. The van der Waals surface area contributed by atoms with Gasteiger partial charge in [0.15, 0.2) is 0 Å². The summed E-state index contributed by atoms with van der Waals surface area (Å²) in [5.74, 6) is -0.585. The van der Waals surface area contributed by atoms with Crippen LogP contribution in [0.2, 0.25) is 0 Å². The van der Waals surface area contributed by atoms with E-state index in [1.54, 1.807) is 30.2 Å². The number of carbonyl (C=O) groups excluding carboxylic acids is 1. The summed E-state index contributed by atoms with van der Waals surface area (Å²) in [7, 11) is 3.70. The molecule has 0 amide bonds. The number of hydrogen-bond donors (Lipinski definition) is 0. The average Bonchev–Trinajstić information content (AvgIpc) is 2.12. The highest BCUT2D eigenvalue weighted by Gasteiger charge is 2.07. The Morgan fingerprint density at radius 3 is 2.64 bits per heavy atom. The zero-order chi connectivity index (χ0) is 11.0. The van der Waals surface area contributed by atoms with Crippen molar-refractivity contribution in [3.05, 3.63) is 23.9 Å². The topological polar surface area (TPSA) is 53.3 Å². The Morgan fingerprint density at radius 2 is 2.21 bits per heavy atom. The number of hydrogen-bond acceptors (Lipinski definition) is 4. The summed E-state index contributed by atoms with van der Waals surface area (Å²) in [6.45, 7) is 1.97. The van der Waals surface area contributed by atoms with Gasteiger partial charge in [-0.25, -0.2) is 4.79 Å². The van der Waals surface area contributed by atoms with Crippen molar-refractivity contribution in [3.63, 3.8) is 0 Å². The second-order valence-corrected chi connectivity index (χ2v) is 2.72. The van der Waals surface area contributed by atoms with Gasteiger partial charge in [-0.15, -0.1) is 0 Å². The molecule has 4 nitrogen and oxygen atoms in total. The lowest BCUT2D eigenvalue weighted by atomic mass is 10.3. The monoisotopic (exact) mass is 194 g/mol. The quantitative estimate of drug-likeness (QED) is 0.291. The van der Waals surface area contributed by atoms with Gasteiger partial charge in [0.2, 0.25) is 0 Å².